The third-order valence-corrected chi connectivity index (χ3v) is 3.44. The Morgan fingerprint density at radius 3 is 2.89 bits per heavy atom. The predicted octanol–water partition coefficient (Wildman–Crippen LogP) is 2.17. The number of aromatic nitrogens is 1. The molecule has 2 N–H and O–H groups in total. The molecule has 1 aliphatic rings. The lowest BCUT2D eigenvalue weighted by Gasteiger charge is -2.20. The summed E-state index contributed by atoms with van der Waals surface area (Å²) < 4.78 is 0. The van der Waals surface area contributed by atoms with Crippen LogP contribution in [-0.4, -0.2) is 10.9 Å². The number of nitrogens with zero attached hydrogens (tertiary/aromatic N) is 1. The molecular formula is C14H21N3O. The fourth-order valence-corrected chi connectivity index (χ4v) is 2.45. The van der Waals surface area contributed by atoms with Crippen LogP contribution in [0.2, 0.25) is 0 Å². The molecular weight excluding hydrogens is 226 g/mol. The molecule has 1 saturated carbocycles. The van der Waals surface area contributed by atoms with Crippen LogP contribution in [0.5, 0.6) is 0 Å². The molecule has 0 spiro atoms. The first-order chi connectivity index (χ1) is 8.84. The van der Waals surface area contributed by atoms with E-state index in [0.717, 1.165) is 5.56 Å². The van der Waals surface area contributed by atoms with E-state index in [1.807, 2.05) is 12.1 Å². The van der Waals surface area contributed by atoms with Gasteiger partial charge in [0.15, 0.2) is 0 Å². The highest BCUT2D eigenvalue weighted by Crippen LogP contribution is 2.25. The van der Waals surface area contributed by atoms with Crippen molar-refractivity contribution in [2.45, 2.75) is 45.1 Å². The second kappa shape index (κ2) is 7.11. The molecule has 4 nitrogen and oxygen atoms in total. The first kappa shape index (κ1) is 13.0. The van der Waals surface area contributed by atoms with E-state index in [1.165, 1.54) is 32.1 Å². The van der Waals surface area contributed by atoms with Gasteiger partial charge in [-0.05, 0) is 30.4 Å². The number of carbonyl (C=O) groups excluding carboxylic acids is 1. The van der Waals surface area contributed by atoms with Crippen LogP contribution in [0.4, 0.5) is 0 Å². The molecule has 0 saturated heterocycles. The Balaban J connectivity index is 1.62. The monoisotopic (exact) mass is 247 g/mol. The van der Waals surface area contributed by atoms with E-state index in [4.69, 9.17) is 0 Å². The van der Waals surface area contributed by atoms with Gasteiger partial charge in [-0.2, -0.15) is 0 Å². The number of hydrogen-bond acceptors (Lipinski definition) is 3. The topological polar surface area (TPSA) is 54.0 Å². The summed E-state index contributed by atoms with van der Waals surface area (Å²) in [5.74, 6) is 0.685. The van der Waals surface area contributed by atoms with Gasteiger partial charge < -0.3 is 0 Å². The molecule has 1 fully saturated rings. The van der Waals surface area contributed by atoms with Crippen LogP contribution < -0.4 is 10.9 Å². The predicted molar refractivity (Wildman–Crippen MR) is 70.4 cm³/mol. The summed E-state index contributed by atoms with van der Waals surface area (Å²) in [6, 6.07) is 3.87. The van der Waals surface area contributed by atoms with Gasteiger partial charge in [0.1, 0.15) is 0 Å². The molecule has 4 heteroatoms. The maximum Gasteiger partial charge on any atom is 0.234 e. The maximum absolute atomic E-state index is 11.7. The molecule has 2 rings (SSSR count). The zero-order valence-electron chi connectivity index (χ0n) is 10.7. The fourth-order valence-electron chi connectivity index (χ4n) is 2.45. The highest BCUT2D eigenvalue weighted by molar-refractivity contribution is 5.75. The highest BCUT2D eigenvalue weighted by Gasteiger charge is 2.16. The second-order valence-corrected chi connectivity index (χ2v) is 4.97. The van der Waals surface area contributed by atoms with Crippen molar-refractivity contribution in [3.8, 4) is 0 Å². The van der Waals surface area contributed by atoms with Crippen LogP contribution in [-0.2, 0) is 11.3 Å². The van der Waals surface area contributed by atoms with Crippen LogP contribution >= 0.6 is 0 Å². The molecule has 1 aromatic heterocycles. The Labute approximate surface area is 108 Å². The summed E-state index contributed by atoms with van der Waals surface area (Å²) in [6.45, 7) is 0.615. The van der Waals surface area contributed by atoms with E-state index in [2.05, 4.69) is 15.8 Å². The van der Waals surface area contributed by atoms with E-state index in [9.17, 15) is 4.79 Å². The zero-order chi connectivity index (χ0) is 12.6. The molecule has 1 amide bonds. The van der Waals surface area contributed by atoms with Crippen LogP contribution in [0.15, 0.2) is 24.5 Å². The molecule has 1 heterocycles. The summed E-state index contributed by atoms with van der Waals surface area (Å²) in [7, 11) is 0. The Morgan fingerprint density at radius 1 is 1.33 bits per heavy atom. The van der Waals surface area contributed by atoms with Crippen molar-refractivity contribution in [1.29, 1.82) is 0 Å². The van der Waals surface area contributed by atoms with Crippen molar-refractivity contribution in [2.75, 3.05) is 0 Å². The molecule has 0 aromatic carbocycles. The third kappa shape index (κ3) is 4.45. The lowest BCUT2D eigenvalue weighted by atomic mass is 9.87. The minimum atomic E-state index is 0.103. The summed E-state index contributed by atoms with van der Waals surface area (Å²) in [4.78, 5) is 15.7. The SMILES string of the molecule is O=C(CC1CCCCC1)NNCc1cccnc1. The lowest BCUT2D eigenvalue weighted by Crippen LogP contribution is -2.37. The van der Waals surface area contributed by atoms with Gasteiger partial charge in [0.2, 0.25) is 5.91 Å². The summed E-state index contributed by atoms with van der Waals surface area (Å²) >= 11 is 0. The number of nitrogens with one attached hydrogen (secondary N) is 2. The van der Waals surface area contributed by atoms with Gasteiger partial charge >= 0.3 is 0 Å². The van der Waals surface area contributed by atoms with Crippen molar-refractivity contribution >= 4 is 5.91 Å². The molecule has 0 radical (unpaired) electrons. The van der Waals surface area contributed by atoms with Crippen LogP contribution in [0.3, 0.4) is 0 Å². The molecule has 18 heavy (non-hydrogen) atoms. The number of pyridine rings is 1. The van der Waals surface area contributed by atoms with E-state index in [1.54, 1.807) is 12.4 Å². The fraction of sp³-hybridized carbons (Fsp3) is 0.571. The minimum Gasteiger partial charge on any atom is -0.291 e. The lowest BCUT2D eigenvalue weighted by molar-refractivity contribution is -0.123. The number of carbonyl (C=O) groups is 1. The van der Waals surface area contributed by atoms with Gasteiger partial charge in [0.05, 0.1) is 0 Å². The number of amides is 1. The molecule has 0 bridgehead atoms. The van der Waals surface area contributed by atoms with E-state index in [-0.39, 0.29) is 5.91 Å². The standard InChI is InChI=1S/C14H21N3O/c18-14(9-12-5-2-1-3-6-12)17-16-11-13-7-4-8-15-10-13/h4,7-8,10,12,16H,1-3,5-6,9,11H2,(H,17,18). The number of hydrazine groups is 1. The van der Waals surface area contributed by atoms with E-state index < -0.39 is 0 Å². The second-order valence-electron chi connectivity index (χ2n) is 4.97. The minimum absolute atomic E-state index is 0.103. The van der Waals surface area contributed by atoms with Gasteiger partial charge in [-0.25, -0.2) is 5.43 Å². The van der Waals surface area contributed by atoms with E-state index >= 15 is 0 Å². The highest BCUT2D eigenvalue weighted by atomic mass is 16.2. The van der Waals surface area contributed by atoms with Crippen molar-refractivity contribution in [3.63, 3.8) is 0 Å². The Hall–Kier alpha value is -1.42. The Bertz CT molecular complexity index is 361. The van der Waals surface area contributed by atoms with Gasteiger partial charge in [-0.3, -0.25) is 15.2 Å². The molecule has 0 atom stereocenters. The molecule has 0 unspecified atom stereocenters. The zero-order valence-corrected chi connectivity index (χ0v) is 10.7. The van der Waals surface area contributed by atoms with Gasteiger partial charge in [0.25, 0.3) is 0 Å². The van der Waals surface area contributed by atoms with Crippen LogP contribution in [0.1, 0.15) is 44.1 Å². The first-order valence-corrected chi connectivity index (χ1v) is 6.75. The Kier molecular flexibility index (Phi) is 5.15. The van der Waals surface area contributed by atoms with Crippen LogP contribution in [0, 0.1) is 5.92 Å². The van der Waals surface area contributed by atoms with Crippen molar-refractivity contribution in [3.05, 3.63) is 30.1 Å². The normalized spacial score (nSPS) is 16.4. The third-order valence-electron chi connectivity index (χ3n) is 3.44. The first-order valence-electron chi connectivity index (χ1n) is 6.75. The van der Waals surface area contributed by atoms with Gasteiger partial charge in [-0.1, -0.05) is 25.3 Å². The number of rotatable bonds is 5. The molecule has 1 aromatic rings. The van der Waals surface area contributed by atoms with Crippen molar-refractivity contribution < 1.29 is 4.79 Å². The van der Waals surface area contributed by atoms with Crippen molar-refractivity contribution in [2.24, 2.45) is 5.92 Å². The largest absolute Gasteiger partial charge is 0.291 e. The van der Waals surface area contributed by atoms with Crippen LogP contribution in [0.25, 0.3) is 0 Å². The smallest absolute Gasteiger partial charge is 0.234 e. The maximum atomic E-state index is 11.7. The summed E-state index contributed by atoms with van der Waals surface area (Å²) in [5.41, 5.74) is 6.78. The van der Waals surface area contributed by atoms with Crippen molar-refractivity contribution in [1.82, 2.24) is 15.8 Å². The molecule has 0 aliphatic heterocycles. The average molecular weight is 247 g/mol. The number of hydrogen-bond donors (Lipinski definition) is 2. The van der Waals surface area contributed by atoms with E-state index in [0.29, 0.717) is 18.9 Å². The summed E-state index contributed by atoms with van der Waals surface area (Å²) in [6.07, 6.45) is 10.5. The molecule has 1 aliphatic carbocycles. The molecule has 98 valence electrons. The summed E-state index contributed by atoms with van der Waals surface area (Å²) in [5, 5.41) is 0. The van der Waals surface area contributed by atoms with Gasteiger partial charge in [0, 0.05) is 25.4 Å². The Morgan fingerprint density at radius 2 is 2.17 bits per heavy atom. The quantitative estimate of drug-likeness (QED) is 0.784. The average Bonchev–Trinajstić information content (AvgIpc) is 2.41. The van der Waals surface area contributed by atoms with Gasteiger partial charge in [-0.15, -0.1) is 0 Å².